The van der Waals surface area contributed by atoms with E-state index in [1.54, 1.807) is 35.3 Å². The number of ether oxygens (including phenoxy) is 1. The fraction of sp³-hybridized carbons (Fsp3) is 0.375. The Balaban J connectivity index is 1.56. The molecule has 0 radical (unpaired) electrons. The number of urea groups is 1. The van der Waals surface area contributed by atoms with Gasteiger partial charge in [-0.3, -0.25) is 4.79 Å². The van der Waals surface area contributed by atoms with Crippen LogP contribution in [0.1, 0.15) is 12.8 Å². The molecule has 132 valence electrons. The van der Waals surface area contributed by atoms with Crippen LogP contribution in [0.25, 0.3) is 5.82 Å². The normalized spacial score (nSPS) is 16.2. The molecule has 2 aromatic rings. The molecule has 4 N–H and O–H groups in total. The third-order valence-corrected chi connectivity index (χ3v) is 4.30. The summed E-state index contributed by atoms with van der Waals surface area (Å²) in [6.07, 6.45) is 5.98. The van der Waals surface area contributed by atoms with Gasteiger partial charge in [0.15, 0.2) is 5.82 Å². The molecule has 0 aromatic carbocycles. The molecule has 3 rings (SSSR count). The van der Waals surface area contributed by atoms with Gasteiger partial charge in [-0.25, -0.2) is 14.5 Å². The van der Waals surface area contributed by atoms with Gasteiger partial charge in [-0.1, -0.05) is 0 Å². The molecule has 0 aliphatic carbocycles. The number of rotatable bonds is 5. The number of hydrogen-bond acceptors (Lipinski definition) is 5. The SMILES string of the molecule is NC(=O)C1(CNC(=O)Nc2ccc(-n3cccn3)nc2)CCOCC1. The predicted molar refractivity (Wildman–Crippen MR) is 90.1 cm³/mol. The van der Waals surface area contributed by atoms with E-state index in [1.165, 1.54) is 6.20 Å². The predicted octanol–water partition coefficient (Wildman–Crippen LogP) is 0.671. The van der Waals surface area contributed by atoms with Crippen molar-refractivity contribution in [1.82, 2.24) is 20.1 Å². The maximum absolute atomic E-state index is 12.1. The number of nitrogens with one attached hydrogen (secondary N) is 2. The Bertz CT molecular complexity index is 723. The molecule has 2 aromatic heterocycles. The molecule has 9 nitrogen and oxygen atoms in total. The molecule has 3 amide bonds. The van der Waals surface area contributed by atoms with Crippen molar-refractivity contribution in [1.29, 1.82) is 0 Å². The number of anilines is 1. The van der Waals surface area contributed by atoms with E-state index in [2.05, 4.69) is 20.7 Å². The van der Waals surface area contributed by atoms with Gasteiger partial charge in [0.25, 0.3) is 0 Å². The monoisotopic (exact) mass is 344 g/mol. The van der Waals surface area contributed by atoms with Crippen molar-refractivity contribution < 1.29 is 14.3 Å². The zero-order valence-electron chi connectivity index (χ0n) is 13.6. The van der Waals surface area contributed by atoms with Gasteiger partial charge in [0.2, 0.25) is 5.91 Å². The van der Waals surface area contributed by atoms with E-state index >= 15 is 0 Å². The number of nitrogens with two attached hydrogens (primary N) is 1. The Labute approximate surface area is 144 Å². The van der Waals surface area contributed by atoms with Gasteiger partial charge < -0.3 is 21.1 Å². The molecule has 1 fully saturated rings. The first-order valence-corrected chi connectivity index (χ1v) is 7.98. The van der Waals surface area contributed by atoms with E-state index in [0.717, 1.165) is 0 Å². The standard InChI is InChI=1S/C16H20N6O3/c17-14(23)16(4-8-25-9-5-16)11-19-15(24)21-12-2-3-13(18-10-12)22-7-1-6-20-22/h1-3,6-7,10H,4-5,8-9,11H2,(H2,17,23)(H2,19,21,24). The minimum Gasteiger partial charge on any atom is -0.381 e. The van der Waals surface area contributed by atoms with Gasteiger partial charge in [-0.05, 0) is 31.0 Å². The van der Waals surface area contributed by atoms with Crippen LogP contribution in [0.2, 0.25) is 0 Å². The number of hydrogen-bond donors (Lipinski definition) is 3. The van der Waals surface area contributed by atoms with Crippen LogP contribution in [0.4, 0.5) is 10.5 Å². The van der Waals surface area contributed by atoms with Gasteiger partial charge in [0, 0.05) is 32.2 Å². The summed E-state index contributed by atoms with van der Waals surface area (Å²) in [6, 6.07) is 4.85. The fourth-order valence-corrected chi connectivity index (χ4v) is 2.70. The minimum atomic E-state index is -0.752. The van der Waals surface area contributed by atoms with Crippen molar-refractivity contribution in [2.24, 2.45) is 11.1 Å². The summed E-state index contributed by atoms with van der Waals surface area (Å²) >= 11 is 0. The molecule has 1 aliphatic heterocycles. The zero-order valence-corrected chi connectivity index (χ0v) is 13.6. The van der Waals surface area contributed by atoms with Crippen LogP contribution >= 0.6 is 0 Å². The molecule has 0 atom stereocenters. The first kappa shape index (κ1) is 16.9. The quantitative estimate of drug-likeness (QED) is 0.735. The lowest BCUT2D eigenvalue weighted by atomic mass is 9.79. The number of nitrogens with zero attached hydrogens (tertiary/aromatic N) is 3. The van der Waals surface area contributed by atoms with Crippen LogP contribution in [-0.2, 0) is 9.53 Å². The molecule has 1 aliphatic rings. The van der Waals surface area contributed by atoms with Crippen molar-refractivity contribution >= 4 is 17.6 Å². The van der Waals surface area contributed by atoms with Crippen molar-refractivity contribution in [2.45, 2.75) is 12.8 Å². The van der Waals surface area contributed by atoms with Crippen LogP contribution in [0, 0.1) is 5.41 Å². The first-order chi connectivity index (χ1) is 12.1. The highest BCUT2D eigenvalue weighted by atomic mass is 16.5. The van der Waals surface area contributed by atoms with E-state index in [4.69, 9.17) is 10.5 Å². The van der Waals surface area contributed by atoms with Crippen molar-refractivity contribution in [3.8, 4) is 5.82 Å². The second-order valence-electron chi connectivity index (χ2n) is 5.92. The van der Waals surface area contributed by atoms with E-state index in [-0.39, 0.29) is 6.54 Å². The Morgan fingerprint density at radius 2 is 2.12 bits per heavy atom. The number of amides is 3. The van der Waals surface area contributed by atoms with E-state index in [1.807, 2.05) is 0 Å². The molecular formula is C16H20N6O3. The molecule has 3 heterocycles. The number of carbonyl (C=O) groups excluding carboxylic acids is 2. The van der Waals surface area contributed by atoms with Gasteiger partial charge in [0.05, 0.1) is 17.3 Å². The summed E-state index contributed by atoms with van der Waals surface area (Å²) in [5.41, 5.74) is 5.30. The zero-order chi connectivity index (χ0) is 17.7. The fourth-order valence-electron chi connectivity index (χ4n) is 2.70. The van der Waals surface area contributed by atoms with E-state index < -0.39 is 17.4 Å². The number of aromatic nitrogens is 3. The summed E-state index contributed by atoms with van der Waals surface area (Å²) in [4.78, 5) is 28.1. The molecule has 0 unspecified atom stereocenters. The van der Waals surface area contributed by atoms with Gasteiger partial charge in [-0.15, -0.1) is 0 Å². The lowest BCUT2D eigenvalue weighted by Gasteiger charge is -2.34. The summed E-state index contributed by atoms with van der Waals surface area (Å²) < 4.78 is 6.88. The lowest BCUT2D eigenvalue weighted by molar-refractivity contribution is -0.132. The Kier molecular flexibility index (Phi) is 4.94. The van der Waals surface area contributed by atoms with Crippen LogP contribution in [-0.4, -0.2) is 46.5 Å². The Hall–Kier alpha value is -2.94. The van der Waals surface area contributed by atoms with Crippen LogP contribution < -0.4 is 16.4 Å². The topological polar surface area (TPSA) is 124 Å². The molecule has 0 saturated carbocycles. The van der Waals surface area contributed by atoms with Crippen LogP contribution in [0.3, 0.4) is 0 Å². The summed E-state index contributed by atoms with van der Waals surface area (Å²) in [5.74, 6) is 0.229. The maximum Gasteiger partial charge on any atom is 0.319 e. The lowest BCUT2D eigenvalue weighted by Crippen LogP contribution is -2.50. The number of pyridine rings is 1. The highest BCUT2D eigenvalue weighted by Gasteiger charge is 2.38. The number of primary amides is 1. The van der Waals surface area contributed by atoms with E-state index in [0.29, 0.717) is 37.6 Å². The third kappa shape index (κ3) is 3.94. The van der Waals surface area contributed by atoms with Crippen molar-refractivity contribution in [3.63, 3.8) is 0 Å². The highest BCUT2D eigenvalue weighted by Crippen LogP contribution is 2.29. The average Bonchev–Trinajstić information content (AvgIpc) is 3.16. The minimum absolute atomic E-state index is 0.177. The Morgan fingerprint density at radius 3 is 2.72 bits per heavy atom. The summed E-state index contributed by atoms with van der Waals surface area (Å²) in [5, 5.41) is 9.48. The van der Waals surface area contributed by atoms with Gasteiger partial charge in [-0.2, -0.15) is 5.10 Å². The second kappa shape index (κ2) is 7.31. The molecule has 0 spiro atoms. The molecular weight excluding hydrogens is 324 g/mol. The largest absolute Gasteiger partial charge is 0.381 e. The second-order valence-corrected chi connectivity index (χ2v) is 5.92. The Morgan fingerprint density at radius 1 is 1.32 bits per heavy atom. The van der Waals surface area contributed by atoms with E-state index in [9.17, 15) is 9.59 Å². The van der Waals surface area contributed by atoms with Crippen molar-refractivity contribution in [2.75, 3.05) is 25.1 Å². The van der Waals surface area contributed by atoms with Crippen LogP contribution in [0.15, 0.2) is 36.8 Å². The smallest absolute Gasteiger partial charge is 0.319 e. The van der Waals surface area contributed by atoms with Gasteiger partial charge in [0.1, 0.15) is 0 Å². The average molecular weight is 344 g/mol. The molecule has 0 bridgehead atoms. The molecule has 1 saturated heterocycles. The van der Waals surface area contributed by atoms with Crippen molar-refractivity contribution in [3.05, 3.63) is 36.8 Å². The summed E-state index contributed by atoms with van der Waals surface area (Å²) in [7, 11) is 0. The molecule has 25 heavy (non-hydrogen) atoms. The maximum atomic E-state index is 12.1. The first-order valence-electron chi connectivity index (χ1n) is 7.98. The highest BCUT2D eigenvalue weighted by molar-refractivity contribution is 5.90. The summed E-state index contributed by atoms with van der Waals surface area (Å²) in [6.45, 7) is 1.10. The molecule has 9 heteroatoms. The van der Waals surface area contributed by atoms with Crippen LogP contribution in [0.5, 0.6) is 0 Å². The third-order valence-electron chi connectivity index (χ3n) is 4.30. The van der Waals surface area contributed by atoms with Gasteiger partial charge >= 0.3 is 6.03 Å². The number of carbonyl (C=O) groups is 2.